The van der Waals surface area contributed by atoms with Gasteiger partial charge in [0.2, 0.25) is 18.1 Å². The molecule has 14 heavy (non-hydrogen) atoms. The van der Waals surface area contributed by atoms with E-state index >= 15 is 0 Å². The molecule has 0 radical (unpaired) electrons. The maximum Gasteiger partial charge on any atom is 0.238 e. The van der Waals surface area contributed by atoms with Crippen molar-refractivity contribution < 1.29 is 13.7 Å². The minimum Gasteiger partial charge on any atom is -0.259 e. The number of hydrogen-bond donors (Lipinski definition) is 0. The lowest BCUT2D eigenvalue weighted by molar-refractivity contribution is -0.401. The second-order valence-electron chi connectivity index (χ2n) is 2.57. The zero-order chi connectivity index (χ0) is 10.7. The van der Waals surface area contributed by atoms with Gasteiger partial charge in [0, 0.05) is 11.1 Å². The first-order valence-corrected chi connectivity index (χ1v) is 3.65. The van der Waals surface area contributed by atoms with Crippen LogP contribution in [-0.4, -0.2) is 9.91 Å². The monoisotopic (exact) mass is 200 g/mol. The van der Waals surface area contributed by atoms with Crippen LogP contribution in [0.1, 0.15) is 12.5 Å². The van der Waals surface area contributed by atoms with Gasteiger partial charge in [-0.25, -0.2) is 0 Å². The number of halogens is 2. The molecular weight excluding hydrogens is 194 g/mol. The molecule has 0 aromatic carbocycles. The predicted molar refractivity (Wildman–Crippen MR) is 44.8 cm³/mol. The van der Waals surface area contributed by atoms with Gasteiger partial charge >= 0.3 is 0 Å². The van der Waals surface area contributed by atoms with E-state index in [9.17, 15) is 18.9 Å². The smallest absolute Gasteiger partial charge is 0.238 e. The number of allylic oxidation sites excluding steroid dienone is 1. The van der Waals surface area contributed by atoms with Crippen LogP contribution in [0.5, 0.6) is 0 Å². The summed E-state index contributed by atoms with van der Waals surface area (Å²) in [5.74, 6) is -2.01. The fourth-order valence-corrected chi connectivity index (χ4v) is 0.934. The van der Waals surface area contributed by atoms with Gasteiger partial charge < -0.3 is 0 Å². The fraction of sp³-hybridized carbons (Fsp3) is 0.125. The third-order valence-electron chi connectivity index (χ3n) is 1.54. The van der Waals surface area contributed by atoms with Gasteiger partial charge in [0.05, 0.1) is 4.92 Å². The Morgan fingerprint density at radius 1 is 1.57 bits per heavy atom. The van der Waals surface area contributed by atoms with Crippen molar-refractivity contribution in [2.45, 2.75) is 6.92 Å². The van der Waals surface area contributed by atoms with Crippen molar-refractivity contribution >= 4 is 5.57 Å². The third-order valence-corrected chi connectivity index (χ3v) is 1.54. The standard InChI is InChI=1S/C8H6F2N2O2/c1-5(4-12(13)14)6-2-3-7(9)11-8(6)10/h2-4H,1H3/b5-4+. The lowest BCUT2D eigenvalue weighted by atomic mass is 10.1. The van der Waals surface area contributed by atoms with Crippen LogP contribution >= 0.6 is 0 Å². The number of pyridine rings is 1. The van der Waals surface area contributed by atoms with Crippen LogP contribution in [0.15, 0.2) is 18.3 Å². The lowest BCUT2D eigenvalue weighted by Crippen LogP contribution is -1.96. The zero-order valence-electron chi connectivity index (χ0n) is 7.20. The van der Waals surface area contributed by atoms with E-state index in [0.717, 1.165) is 12.1 Å². The normalized spacial score (nSPS) is 11.5. The van der Waals surface area contributed by atoms with Crippen LogP contribution in [0.2, 0.25) is 0 Å². The van der Waals surface area contributed by atoms with Gasteiger partial charge in [0.1, 0.15) is 0 Å². The Bertz CT molecular complexity index is 404. The summed E-state index contributed by atoms with van der Waals surface area (Å²) in [5, 5.41) is 10.1. The van der Waals surface area contributed by atoms with Gasteiger partial charge in [-0.05, 0) is 19.1 Å². The van der Waals surface area contributed by atoms with Crippen molar-refractivity contribution in [3.8, 4) is 0 Å². The van der Waals surface area contributed by atoms with E-state index in [0.29, 0.717) is 6.20 Å². The molecule has 0 saturated carbocycles. The minimum atomic E-state index is -1.06. The fourth-order valence-electron chi connectivity index (χ4n) is 0.934. The van der Waals surface area contributed by atoms with Gasteiger partial charge in [0.25, 0.3) is 0 Å². The van der Waals surface area contributed by atoms with E-state index in [1.807, 2.05) is 0 Å². The number of nitro groups is 1. The Labute approximate surface area is 78.0 Å². The first kappa shape index (κ1) is 10.2. The molecular formula is C8H6F2N2O2. The number of rotatable bonds is 2. The first-order valence-electron chi connectivity index (χ1n) is 3.65. The van der Waals surface area contributed by atoms with Crippen LogP contribution in [0, 0.1) is 22.0 Å². The first-order chi connectivity index (χ1) is 6.50. The van der Waals surface area contributed by atoms with E-state index in [1.165, 1.54) is 6.92 Å². The van der Waals surface area contributed by atoms with Crippen LogP contribution in [-0.2, 0) is 0 Å². The number of aromatic nitrogens is 1. The molecule has 0 fully saturated rings. The summed E-state index contributed by atoms with van der Waals surface area (Å²) in [4.78, 5) is 12.3. The van der Waals surface area contributed by atoms with Gasteiger partial charge in [-0.2, -0.15) is 13.8 Å². The van der Waals surface area contributed by atoms with Crippen molar-refractivity contribution in [3.63, 3.8) is 0 Å². The molecule has 0 amide bonds. The molecule has 0 atom stereocenters. The van der Waals surface area contributed by atoms with Crippen LogP contribution < -0.4 is 0 Å². The van der Waals surface area contributed by atoms with Gasteiger partial charge in [-0.1, -0.05) is 0 Å². The van der Waals surface area contributed by atoms with Crippen molar-refractivity contribution in [2.24, 2.45) is 0 Å². The molecule has 0 aliphatic carbocycles. The molecule has 1 heterocycles. The highest BCUT2D eigenvalue weighted by molar-refractivity contribution is 5.61. The van der Waals surface area contributed by atoms with Crippen molar-refractivity contribution in [3.05, 3.63) is 45.9 Å². The highest BCUT2D eigenvalue weighted by Gasteiger charge is 2.09. The number of nitrogens with zero attached hydrogens (tertiary/aromatic N) is 2. The van der Waals surface area contributed by atoms with Crippen LogP contribution in [0.4, 0.5) is 8.78 Å². The number of hydrogen-bond acceptors (Lipinski definition) is 3. The van der Waals surface area contributed by atoms with Crippen molar-refractivity contribution in [2.75, 3.05) is 0 Å². The Morgan fingerprint density at radius 2 is 2.21 bits per heavy atom. The highest BCUT2D eigenvalue weighted by atomic mass is 19.1. The average molecular weight is 200 g/mol. The third kappa shape index (κ3) is 2.32. The Balaban J connectivity index is 3.14. The Hall–Kier alpha value is -1.85. The van der Waals surface area contributed by atoms with Crippen molar-refractivity contribution in [1.82, 2.24) is 4.98 Å². The molecule has 1 rings (SSSR count). The Kier molecular flexibility index (Phi) is 2.85. The average Bonchev–Trinajstić information content (AvgIpc) is 2.01. The molecule has 1 aromatic heterocycles. The maximum absolute atomic E-state index is 12.9. The summed E-state index contributed by atoms with van der Waals surface area (Å²) in [6.45, 7) is 1.35. The molecule has 0 bridgehead atoms. The summed E-state index contributed by atoms with van der Waals surface area (Å²) < 4.78 is 25.3. The molecule has 0 N–H and O–H groups in total. The molecule has 6 heteroatoms. The molecule has 74 valence electrons. The SMILES string of the molecule is C/C(=C\[N+](=O)[O-])c1ccc(F)nc1F. The minimum absolute atomic E-state index is 0.0805. The van der Waals surface area contributed by atoms with Gasteiger partial charge in [-0.3, -0.25) is 10.1 Å². The lowest BCUT2D eigenvalue weighted by Gasteiger charge is -1.99. The zero-order valence-corrected chi connectivity index (χ0v) is 7.20. The summed E-state index contributed by atoms with van der Waals surface area (Å²) >= 11 is 0. The summed E-state index contributed by atoms with van der Waals surface area (Å²) in [5.41, 5.74) is 0.00287. The quantitative estimate of drug-likeness (QED) is 0.416. The van der Waals surface area contributed by atoms with E-state index < -0.39 is 16.8 Å². The van der Waals surface area contributed by atoms with Crippen LogP contribution in [0.3, 0.4) is 0 Å². The molecule has 1 aromatic rings. The van der Waals surface area contributed by atoms with Crippen molar-refractivity contribution in [1.29, 1.82) is 0 Å². The summed E-state index contributed by atoms with van der Waals surface area (Å²) in [7, 11) is 0. The highest BCUT2D eigenvalue weighted by Crippen LogP contribution is 2.16. The second kappa shape index (κ2) is 3.91. The predicted octanol–water partition coefficient (Wildman–Crippen LogP) is 2.00. The second-order valence-corrected chi connectivity index (χ2v) is 2.57. The van der Waals surface area contributed by atoms with Crippen LogP contribution in [0.25, 0.3) is 5.57 Å². The van der Waals surface area contributed by atoms with Gasteiger partial charge in [-0.15, -0.1) is 0 Å². The summed E-state index contributed by atoms with van der Waals surface area (Å²) in [6, 6.07) is 2.04. The summed E-state index contributed by atoms with van der Waals surface area (Å²) in [6.07, 6.45) is 0.637. The van der Waals surface area contributed by atoms with E-state index in [1.54, 1.807) is 0 Å². The van der Waals surface area contributed by atoms with E-state index in [-0.39, 0.29) is 11.1 Å². The molecule has 0 spiro atoms. The molecule has 0 aliphatic heterocycles. The molecule has 4 nitrogen and oxygen atoms in total. The molecule has 0 unspecified atom stereocenters. The topological polar surface area (TPSA) is 56.0 Å². The van der Waals surface area contributed by atoms with E-state index in [2.05, 4.69) is 4.98 Å². The Morgan fingerprint density at radius 3 is 2.71 bits per heavy atom. The molecule has 0 aliphatic rings. The maximum atomic E-state index is 12.9. The largest absolute Gasteiger partial charge is 0.259 e. The van der Waals surface area contributed by atoms with E-state index in [4.69, 9.17) is 0 Å². The molecule has 0 saturated heterocycles. The van der Waals surface area contributed by atoms with Gasteiger partial charge in [0.15, 0.2) is 0 Å².